The number of hydrogen-bond donors (Lipinski definition) is 3. The maximum Gasteiger partial charge on any atom is 0.243 e. The minimum absolute atomic E-state index is 0.0700. The van der Waals surface area contributed by atoms with Gasteiger partial charge in [-0.25, -0.2) is 0 Å². The quantitative estimate of drug-likeness (QED) is 0.366. The molecule has 2 amide bonds. The third kappa shape index (κ3) is 7.88. The van der Waals surface area contributed by atoms with Gasteiger partial charge in [0.2, 0.25) is 11.8 Å². The van der Waals surface area contributed by atoms with Crippen LogP contribution in [0.2, 0.25) is 0 Å². The summed E-state index contributed by atoms with van der Waals surface area (Å²) in [6, 6.07) is 22.4. The number of benzene rings is 3. The van der Waals surface area contributed by atoms with Crippen LogP contribution in [0.25, 0.3) is 0 Å². The first kappa shape index (κ1) is 23.7. The minimum atomic E-state index is -0.190. The number of carbonyl (C=O) groups excluding carboxylic acids is 2. The molecule has 3 rings (SSSR count). The number of aryl methyl sites for hydroxylation is 1. The van der Waals surface area contributed by atoms with Gasteiger partial charge in [0.05, 0.1) is 6.54 Å². The van der Waals surface area contributed by atoms with E-state index in [1.165, 1.54) is 0 Å². The number of ether oxygens (including phenoxy) is 2. The van der Waals surface area contributed by atoms with Gasteiger partial charge in [-0.3, -0.25) is 9.59 Å². The van der Waals surface area contributed by atoms with Crippen molar-refractivity contribution in [3.8, 4) is 11.5 Å². The van der Waals surface area contributed by atoms with Gasteiger partial charge in [0, 0.05) is 23.5 Å². The molecule has 0 fully saturated rings. The first-order valence-electron chi connectivity index (χ1n) is 10.9. The monoisotopic (exact) mass is 447 g/mol. The van der Waals surface area contributed by atoms with E-state index in [0.29, 0.717) is 31.0 Å². The Bertz CT molecular complexity index is 1050. The third-order valence-corrected chi connectivity index (χ3v) is 4.79. The number of rotatable bonds is 11. The van der Waals surface area contributed by atoms with E-state index in [2.05, 4.69) is 16.0 Å². The molecule has 0 heterocycles. The van der Waals surface area contributed by atoms with Gasteiger partial charge in [-0.2, -0.15) is 0 Å². The lowest BCUT2D eigenvalue weighted by Crippen LogP contribution is -2.22. The van der Waals surface area contributed by atoms with E-state index in [1.807, 2.05) is 73.7 Å². The fourth-order valence-electron chi connectivity index (χ4n) is 2.97. The Morgan fingerprint density at radius 2 is 1.39 bits per heavy atom. The van der Waals surface area contributed by atoms with Gasteiger partial charge in [-0.15, -0.1) is 0 Å². The second kappa shape index (κ2) is 12.1. The SMILES string of the molecule is CCC(=O)Nc1cc(NC(=O)CNc2ccc(OCCOc3ccccc3)cc2)ccc1C. The Morgan fingerprint density at radius 3 is 2.06 bits per heavy atom. The molecule has 7 nitrogen and oxygen atoms in total. The molecule has 0 radical (unpaired) electrons. The molecule has 0 bridgehead atoms. The Hall–Kier alpha value is -4.00. The molecule has 0 aliphatic carbocycles. The third-order valence-electron chi connectivity index (χ3n) is 4.79. The topological polar surface area (TPSA) is 88.7 Å². The second-order valence-electron chi connectivity index (χ2n) is 7.37. The molecular weight excluding hydrogens is 418 g/mol. The van der Waals surface area contributed by atoms with Gasteiger partial charge in [0.1, 0.15) is 24.7 Å². The van der Waals surface area contributed by atoms with Crippen LogP contribution in [0, 0.1) is 6.92 Å². The van der Waals surface area contributed by atoms with E-state index in [1.54, 1.807) is 13.0 Å². The average molecular weight is 448 g/mol. The molecular formula is C26H29N3O4. The standard InChI is InChI=1S/C26H29N3O4/c1-3-25(30)29-24-17-21(10-9-19(24)2)28-26(31)18-27-20-11-13-23(14-12-20)33-16-15-32-22-7-5-4-6-8-22/h4-14,17,27H,3,15-16,18H2,1-2H3,(H,28,31)(H,29,30). The van der Waals surface area contributed by atoms with Gasteiger partial charge < -0.3 is 25.4 Å². The lowest BCUT2D eigenvalue weighted by Gasteiger charge is -2.12. The van der Waals surface area contributed by atoms with Crippen LogP contribution < -0.4 is 25.4 Å². The molecule has 3 N–H and O–H groups in total. The number of nitrogens with one attached hydrogen (secondary N) is 3. The zero-order valence-electron chi connectivity index (χ0n) is 18.9. The summed E-state index contributed by atoms with van der Waals surface area (Å²) in [5.41, 5.74) is 3.05. The molecule has 3 aromatic rings. The maximum atomic E-state index is 12.3. The number of amides is 2. The zero-order valence-corrected chi connectivity index (χ0v) is 18.9. The highest BCUT2D eigenvalue weighted by Gasteiger charge is 2.07. The Kier molecular flexibility index (Phi) is 8.71. The molecule has 0 aromatic heterocycles. The van der Waals surface area contributed by atoms with Crippen molar-refractivity contribution >= 4 is 28.9 Å². The van der Waals surface area contributed by atoms with E-state index in [9.17, 15) is 9.59 Å². The van der Waals surface area contributed by atoms with E-state index in [0.717, 1.165) is 22.7 Å². The molecule has 172 valence electrons. The fraction of sp³-hybridized carbons (Fsp3) is 0.231. The molecule has 3 aromatic carbocycles. The number of carbonyl (C=O) groups is 2. The van der Waals surface area contributed by atoms with Crippen LogP contribution >= 0.6 is 0 Å². The summed E-state index contributed by atoms with van der Waals surface area (Å²) < 4.78 is 11.3. The average Bonchev–Trinajstić information content (AvgIpc) is 2.84. The number of para-hydroxylation sites is 1. The van der Waals surface area contributed by atoms with E-state index < -0.39 is 0 Å². The van der Waals surface area contributed by atoms with Crippen molar-refractivity contribution in [2.24, 2.45) is 0 Å². The summed E-state index contributed by atoms with van der Waals surface area (Å²) in [6.45, 7) is 4.69. The number of hydrogen-bond acceptors (Lipinski definition) is 5. The minimum Gasteiger partial charge on any atom is -0.490 e. The van der Waals surface area contributed by atoms with Crippen LogP contribution in [0.5, 0.6) is 11.5 Å². The van der Waals surface area contributed by atoms with Crippen LogP contribution in [-0.2, 0) is 9.59 Å². The summed E-state index contributed by atoms with van der Waals surface area (Å²) >= 11 is 0. The van der Waals surface area contributed by atoms with Crippen molar-refractivity contribution in [2.75, 3.05) is 35.7 Å². The summed E-state index contributed by atoms with van der Waals surface area (Å²) in [6.07, 6.45) is 0.394. The normalized spacial score (nSPS) is 10.2. The first-order chi connectivity index (χ1) is 16.0. The van der Waals surface area contributed by atoms with Crippen molar-refractivity contribution < 1.29 is 19.1 Å². The van der Waals surface area contributed by atoms with Crippen LogP contribution in [-0.4, -0.2) is 31.6 Å². The molecule has 0 aliphatic heterocycles. The van der Waals surface area contributed by atoms with E-state index in [-0.39, 0.29) is 18.4 Å². The van der Waals surface area contributed by atoms with E-state index in [4.69, 9.17) is 9.47 Å². The molecule has 0 atom stereocenters. The first-order valence-corrected chi connectivity index (χ1v) is 10.9. The highest BCUT2D eigenvalue weighted by molar-refractivity contribution is 5.96. The highest BCUT2D eigenvalue weighted by Crippen LogP contribution is 2.21. The van der Waals surface area contributed by atoms with Crippen molar-refractivity contribution in [3.63, 3.8) is 0 Å². The van der Waals surface area contributed by atoms with Crippen molar-refractivity contribution in [1.29, 1.82) is 0 Å². The van der Waals surface area contributed by atoms with Crippen LogP contribution in [0.1, 0.15) is 18.9 Å². The predicted octanol–water partition coefficient (Wildman–Crippen LogP) is 4.85. The summed E-state index contributed by atoms with van der Waals surface area (Å²) in [5, 5.41) is 8.76. The van der Waals surface area contributed by atoms with Crippen LogP contribution in [0.15, 0.2) is 72.8 Å². The summed E-state index contributed by atoms with van der Waals surface area (Å²) in [5.74, 6) is 1.28. The van der Waals surface area contributed by atoms with E-state index >= 15 is 0 Å². The van der Waals surface area contributed by atoms with Crippen molar-refractivity contribution in [3.05, 3.63) is 78.4 Å². The van der Waals surface area contributed by atoms with Gasteiger partial charge >= 0.3 is 0 Å². The van der Waals surface area contributed by atoms with Gasteiger partial charge in [-0.1, -0.05) is 31.2 Å². The van der Waals surface area contributed by atoms with Gasteiger partial charge in [0.25, 0.3) is 0 Å². The predicted molar refractivity (Wildman–Crippen MR) is 131 cm³/mol. The zero-order chi connectivity index (χ0) is 23.5. The highest BCUT2D eigenvalue weighted by atomic mass is 16.5. The fourth-order valence-corrected chi connectivity index (χ4v) is 2.97. The molecule has 0 unspecified atom stereocenters. The summed E-state index contributed by atoms with van der Waals surface area (Å²) in [4.78, 5) is 24.0. The molecule has 0 saturated heterocycles. The molecule has 33 heavy (non-hydrogen) atoms. The largest absolute Gasteiger partial charge is 0.490 e. The lowest BCUT2D eigenvalue weighted by atomic mass is 10.1. The smallest absolute Gasteiger partial charge is 0.243 e. The summed E-state index contributed by atoms with van der Waals surface area (Å²) in [7, 11) is 0. The van der Waals surface area contributed by atoms with Crippen molar-refractivity contribution in [2.45, 2.75) is 20.3 Å². The van der Waals surface area contributed by atoms with Crippen LogP contribution in [0.3, 0.4) is 0 Å². The van der Waals surface area contributed by atoms with Gasteiger partial charge in [0.15, 0.2) is 0 Å². The molecule has 0 saturated carbocycles. The van der Waals surface area contributed by atoms with Crippen molar-refractivity contribution in [1.82, 2.24) is 0 Å². The Balaban J connectivity index is 1.41. The number of anilines is 3. The van der Waals surface area contributed by atoms with Crippen LogP contribution in [0.4, 0.5) is 17.1 Å². The Morgan fingerprint density at radius 1 is 0.758 bits per heavy atom. The molecule has 0 spiro atoms. The maximum absolute atomic E-state index is 12.3. The lowest BCUT2D eigenvalue weighted by molar-refractivity contribution is -0.116. The molecule has 7 heteroatoms. The molecule has 0 aliphatic rings. The van der Waals surface area contributed by atoms with Gasteiger partial charge in [-0.05, 0) is 61.0 Å². The second-order valence-corrected chi connectivity index (χ2v) is 7.37. The Labute approximate surface area is 194 Å².